The van der Waals surface area contributed by atoms with E-state index >= 15 is 0 Å². The first-order valence-electron chi connectivity index (χ1n) is 5.15. The number of benzene rings is 1. The van der Waals surface area contributed by atoms with Crippen molar-refractivity contribution in [2.45, 2.75) is 6.10 Å². The molecule has 0 amide bonds. The lowest BCUT2D eigenvalue weighted by atomic mass is 10.2. The van der Waals surface area contributed by atoms with Gasteiger partial charge in [-0.15, -0.1) is 0 Å². The minimum atomic E-state index is -3.63. The number of aliphatic hydroxyl groups excluding tert-OH is 2. The molecule has 1 unspecified atom stereocenters. The van der Waals surface area contributed by atoms with Crippen molar-refractivity contribution in [1.29, 1.82) is 0 Å². The smallest absolute Gasteiger partial charge is 0.233 e. The van der Waals surface area contributed by atoms with E-state index in [9.17, 15) is 8.42 Å². The van der Waals surface area contributed by atoms with Crippen LogP contribution < -0.4 is 4.72 Å². The number of hydrogen-bond donors (Lipinski definition) is 3. The van der Waals surface area contributed by atoms with Crippen molar-refractivity contribution in [2.24, 2.45) is 0 Å². The van der Waals surface area contributed by atoms with E-state index in [2.05, 4.69) is 4.72 Å². The van der Waals surface area contributed by atoms with Crippen LogP contribution in [-0.4, -0.2) is 37.9 Å². The van der Waals surface area contributed by atoms with Crippen molar-refractivity contribution in [3.8, 4) is 0 Å². The Morgan fingerprint density at radius 1 is 1.33 bits per heavy atom. The predicted octanol–water partition coefficient (Wildman–Crippen LogP) is 0.583. The highest BCUT2D eigenvalue weighted by atomic mass is 35.5. The molecule has 0 aliphatic carbocycles. The minimum absolute atomic E-state index is 0.232. The van der Waals surface area contributed by atoms with Crippen LogP contribution in [0.25, 0.3) is 6.08 Å². The fourth-order valence-corrected chi connectivity index (χ4v) is 2.05. The van der Waals surface area contributed by atoms with Gasteiger partial charge in [0.15, 0.2) is 0 Å². The van der Waals surface area contributed by atoms with E-state index in [1.807, 2.05) is 0 Å². The molecule has 3 N–H and O–H groups in total. The van der Waals surface area contributed by atoms with Crippen LogP contribution in [0.2, 0.25) is 5.02 Å². The second-order valence-corrected chi connectivity index (χ2v) is 5.67. The first-order valence-corrected chi connectivity index (χ1v) is 7.07. The van der Waals surface area contributed by atoms with E-state index in [0.717, 1.165) is 5.41 Å². The van der Waals surface area contributed by atoms with Crippen LogP contribution >= 0.6 is 11.6 Å². The van der Waals surface area contributed by atoms with E-state index in [1.165, 1.54) is 6.08 Å². The molecule has 0 aliphatic rings. The van der Waals surface area contributed by atoms with E-state index in [0.29, 0.717) is 10.6 Å². The summed E-state index contributed by atoms with van der Waals surface area (Å²) in [4.78, 5) is 0. The average molecular weight is 292 g/mol. The van der Waals surface area contributed by atoms with Gasteiger partial charge in [-0.1, -0.05) is 23.7 Å². The zero-order chi connectivity index (χ0) is 13.6. The monoisotopic (exact) mass is 291 g/mol. The highest BCUT2D eigenvalue weighted by Gasteiger charge is 2.08. The third-order valence-corrected chi connectivity index (χ3v) is 3.36. The number of aliphatic hydroxyl groups is 2. The third kappa shape index (κ3) is 5.61. The van der Waals surface area contributed by atoms with Crippen LogP contribution in [0.5, 0.6) is 0 Å². The Morgan fingerprint density at radius 3 is 2.50 bits per heavy atom. The van der Waals surface area contributed by atoms with Crippen LogP contribution in [0.15, 0.2) is 29.7 Å². The SMILES string of the molecule is O=S(=O)(C=Cc1ccc(Cl)cc1)NCC(O)CO. The van der Waals surface area contributed by atoms with Gasteiger partial charge in [-0.05, 0) is 23.8 Å². The minimum Gasteiger partial charge on any atom is -0.394 e. The summed E-state index contributed by atoms with van der Waals surface area (Å²) < 4.78 is 25.1. The summed E-state index contributed by atoms with van der Waals surface area (Å²) in [5.74, 6) is 0. The fourth-order valence-electron chi connectivity index (χ4n) is 1.07. The molecule has 0 bridgehead atoms. The van der Waals surface area contributed by atoms with Gasteiger partial charge in [0.1, 0.15) is 0 Å². The van der Waals surface area contributed by atoms with Crippen LogP contribution in [0.4, 0.5) is 0 Å². The average Bonchev–Trinajstić information content (AvgIpc) is 2.35. The quantitative estimate of drug-likeness (QED) is 0.716. The van der Waals surface area contributed by atoms with Gasteiger partial charge in [-0.2, -0.15) is 0 Å². The molecule has 0 aliphatic heterocycles. The Hall–Kier alpha value is -0.920. The van der Waals surface area contributed by atoms with Gasteiger partial charge >= 0.3 is 0 Å². The molecule has 0 radical (unpaired) electrons. The fraction of sp³-hybridized carbons (Fsp3) is 0.273. The van der Waals surface area contributed by atoms with Crippen molar-refractivity contribution < 1.29 is 18.6 Å². The molecule has 0 spiro atoms. The van der Waals surface area contributed by atoms with E-state index in [-0.39, 0.29) is 6.54 Å². The van der Waals surface area contributed by atoms with Gasteiger partial charge in [0.25, 0.3) is 0 Å². The topological polar surface area (TPSA) is 86.6 Å². The van der Waals surface area contributed by atoms with Crippen LogP contribution in [0, 0.1) is 0 Å². The first-order chi connectivity index (χ1) is 8.43. The molecule has 100 valence electrons. The Bertz CT molecular complexity index is 498. The van der Waals surface area contributed by atoms with Crippen LogP contribution in [0.3, 0.4) is 0 Å². The molecular weight excluding hydrogens is 278 g/mol. The summed E-state index contributed by atoms with van der Waals surface area (Å²) in [5, 5.41) is 19.1. The van der Waals surface area contributed by atoms with Gasteiger partial charge in [0, 0.05) is 17.0 Å². The van der Waals surface area contributed by atoms with Crippen LogP contribution in [-0.2, 0) is 10.0 Å². The van der Waals surface area contributed by atoms with Gasteiger partial charge < -0.3 is 10.2 Å². The molecule has 18 heavy (non-hydrogen) atoms. The summed E-state index contributed by atoms with van der Waals surface area (Å²) in [7, 11) is -3.63. The third-order valence-electron chi connectivity index (χ3n) is 2.04. The molecule has 0 aromatic heterocycles. The zero-order valence-corrected chi connectivity index (χ0v) is 11.0. The number of hydrogen-bond acceptors (Lipinski definition) is 4. The lowest BCUT2D eigenvalue weighted by molar-refractivity contribution is 0.0989. The molecule has 0 saturated carbocycles. The van der Waals surface area contributed by atoms with Gasteiger partial charge in [0.2, 0.25) is 10.0 Å². The molecule has 0 fully saturated rings. The Labute approximate surface area is 111 Å². The predicted molar refractivity (Wildman–Crippen MR) is 70.5 cm³/mol. The number of halogens is 1. The lowest BCUT2D eigenvalue weighted by Gasteiger charge is -2.06. The summed E-state index contributed by atoms with van der Waals surface area (Å²) in [6.07, 6.45) is 0.299. The molecule has 7 heteroatoms. The standard InChI is InChI=1S/C11H14ClNO4S/c12-10-3-1-9(2-4-10)5-6-18(16,17)13-7-11(15)8-14/h1-6,11,13-15H,7-8H2. The Kier molecular flexibility index (Phi) is 5.77. The maximum absolute atomic E-state index is 11.5. The number of rotatable bonds is 6. The second-order valence-electron chi connectivity index (χ2n) is 3.58. The highest BCUT2D eigenvalue weighted by Crippen LogP contribution is 2.10. The lowest BCUT2D eigenvalue weighted by Crippen LogP contribution is -2.32. The van der Waals surface area contributed by atoms with Crippen LogP contribution in [0.1, 0.15) is 5.56 Å². The largest absolute Gasteiger partial charge is 0.394 e. The number of nitrogens with one attached hydrogen (secondary N) is 1. The zero-order valence-electron chi connectivity index (χ0n) is 9.45. The maximum atomic E-state index is 11.5. The summed E-state index contributed by atoms with van der Waals surface area (Å²) in [6.45, 7) is -0.729. The normalized spacial score (nSPS) is 13.9. The molecule has 0 heterocycles. The molecular formula is C11H14ClNO4S. The Balaban J connectivity index is 2.62. The molecule has 1 rings (SSSR count). The summed E-state index contributed by atoms with van der Waals surface area (Å²) in [6, 6.07) is 6.65. The van der Waals surface area contributed by atoms with E-state index in [1.54, 1.807) is 24.3 Å². The molecule has 5 nitrogen and oxygen atoms in total. The molecule has 1 aromatic rings. The molecule has 0 saturated heterocycles. The first kappa shape index (κ1) is 15.1. The van der Waals surface area contributed by atoms with Gasteiger partial charge in [-0.3, -0.25) is 0 Å². The van der Waals surface area contributed by atoms with Crippen molar-refractivity contribution in [3.05, 3.63) is 40.3 Å². The molecule has 1 aromatic carbocycles. The summed E-state index contributed by atoms with van der Waals surface area (Å²) in [5.41, 5.74) is 0.687. The Morgan fingerprint density at radius 2 is 1.94 bits per heavy atom. The van der Waals surface area contributed by atoms with E-state index < -0.39 is 22.7 Å². The van der Waals surface area contributed by atoms with Gasteiger partial charge in [-0.25, -0.2) is 13.1 Å². The van der Waals surface area contributed by atoms with Crippen molar-refractivity contribution in [2.75, 3.05) is 13.2 Å². The summed E-state index contributed by atoms with van der Waals surface area (Å²) >= 11 is 5.70. The van der Waals surface area contributed by atoms with Gasteiger partial charge in [0.05, 0.1) is 12.7 Å². The maximum Gasteiger partial charge on any atom is 0.233 e. The second kappa shape index (κ2) is 6.86. The van der Waals surface area contributed by atoms with Crippen molar-refractivity contribution in [1.82, 2.24) is 4.72 Å². The molecule has 1 atom stereocenters. The van der Waals surface area contributed by atoms with Crippen molar-refractivity contribution >= 4 is 27.7 Å². The number of sulfonamides is 1. The highest BCUT2D eigenvalue weighted by molar-refractivity contribution is 7.92. The van der Waals surface area contributed by atoms with E-state index in [4.69, 9.17) is 21.8 Å². The van der Waals surface area contributed by atoms with Crippen molar-refractivity contribution in [3.63, 3.8) is 0 Å².